The van der Waals surface area contributed by atoms with Crippen LogP contribution in [0.25, 0.3) is 21.3 Å². The molecule has 2 aromatic heterocycles. The van der Waals surface area contributed by atoms with Crippen molar-refractivity contribution in [3.8, 4) is 5.75 Å². The Bertz CT molecular complexity index is 1030. The van der Waals surface area contributed by atoms with Gasteiger partial charge in [0.05, 0.1) is 11.8 Å². The molecule has 0 spiro atoms. The summed E-state index contributed by atoms with van der Waals surface area (Å²) in [6.45, 7) is 4.11. The van der Waals surface area contributed by atoms with Gasteiger partial charge in [0.25, 0.3) is 0 Å². The zero-order valence-electron chi connectivity index (χ0n) is 13.5. The van der Waals surface area contributed by atoms with Crippen LogP contribution < -0.4 is 15.8 Å². The average molecular weight is 340 g/mol. The molecule has 0 fully saturated rings. The SMILES string of the molecule is COc1cc(N)cc2sc(Nc3nc4cc(C)c(C)cc4o3)nc12. The second-order valence-corrected chi connectivity index (χ2v) is 6.67. The molecule has 24 heavy (non-hydrogen) atoms. The van der Waals surface area contributed by atoms with Gasteiger partial charge in [-0.25, -0.2) is 4.98 Å². The van der Waals surface area contributed by atoms with Crippen molar-refractivity contribution in [1.29, 1.82) is 0 Å². The first kappa shape index (κ1) is 14.8. The Hall–Kier alpha value is -2.80. The maximum atomic E-state index is 5.89. The van der Waals surface area contributed by atoms with Crippen molar-refractivity contribution in [3.05, 3.63) is 35.4 Å². The summed E-state index contributed by atoms with van der Waals surface area (Å²) in [5.74, 6) is 0.651. The van der Waals surface area contributed by atoms with Gasteiger partial charge >= 0.3 is 6.01 Å². The van der Waals surface area contributed by atoms with E-state index in [9.17, 15) is 0 Å². The first-order valence-electron chi connectivity index (χ1n) is 7.42. The van der Waals surface area contributed by atoms with Gasteiger partial charge in [-0.15, -0.1) is 0 Å². The third-order valence-corrected chi connectivity index (χ3v) is 4.84. The lowest BCUT2D eigenvalue weighted by atomic mass is 10.1. The van der Waals surface area contributed by atoms with Gasteiger partial charge in [0.2, 0.25) is 0 Å². The Morgan fingerprint density at radius 1 is 1.12 bits per heavy atom. The smallest absolute Gasteiger partial charge is 0.302 e. The molecule has 0 atom stereocenters. The van der Waals surface area contributed by atoms with E-state index in [0.29, 0.717) is 22.6 Å². The van der Waals surface area contributed by atoms with Crippen molar-refractivity contribution in [2.24, 2.45) is 0 Å². The van der Waals surface area contributed by atoms with E-state index in [2.05, 4.69) is 29.1 Å². The number of nitrogens with zero attached hydrogens (tertiary/aromatic N) is 2. The Kier molecular flexibility index (Phi) is 3.31. The molecule has 0 radical (unpaired) electrons. The van der Waals surface area contributed by atoms with Gasteiger partial charge in [0, 0.05) is 11.8 Å². The molecule has 0 unspecified atom stereocenters. The highest BCUT2D eigenvalue weighted by atomic mass is 32.1. The molecular weight excluding hydrogens is 324 g/mol. The highest BCUT2D eigenvalue weighted by molar-refractivity contribution is 7.22. The van der Waals surface area contributed by atoms with Crippen LogP contribution in [-0.2, 0) is 0 Å². The molecule has 0 aliphatic carbocycles. The molecule has 3 N–H and O–H groups in total. The maximum absolute atomic E-state index is 5.89. The first-order chi connectivity index (χ1) is 11.5. The molecular formula is C17H16N4O2S. The normalized spacial score (nSPS) is 11.3. The molecule has 0 saturated carbocycles. The fraction of sp³-hybridized carbons (Fsp3) is 0.176. The van der Waals surface area contributed by atoms with Crippen LogP contribution in [0.15, 0.2) is 28.7 Å². The van der Waals surface area contributed by atoms with Crippen LogP contribution in [0, 0.1) is 13.8 Å². The summed E-state index contributed by atoms with van der Waals surface area (Å²) in [6, 6.07) is 8.06. The summed E-state index contributed by atoms with van der Waals surface area (Å²) in [5, 5.41) is 3.80. The number of oxazole rings is 1. The number of benzene rings is 2. The second kappa shape index (κ2) is 5.38. The van der Waals surface area contributed by atoms with E-state index in [1.165, 1.54) is 22.5 Å². The fourth-order valence-electron chi connectivity index (χ4n) is 2.55. The van der Waals surface area contributed by atoms with Crippen LogP contribution in [-0.4, -0.2) is 17.1 Å². The number of fused-ring (bicyclic) bond motifs is 2. The third-order valence-electron chi connectivity index (χ3n) is 3.92. The van der Waals surface area contributed by atoms with Gasteiger partial charge in [0.1, 0.15) is 16.8 Å². The van der Waals surface area contributed by atoms with Gasteiger partial charge in [-0.05, 0) is 43.2 Å². The van der Waals surface area contributed by atoms with E-state index in [1.807, 2.05) is 18.2 Å². The number of methoxy groups -OCH3 is 1. The van der Waals surface area contributed by atoms with Crippen molar-refractivity contribution in [3.63, 3.8) is 0 Å². The Morgan fingerprint density at radius 3 is 2.71 bits per heavy atom. The molecule has 0 amide bonds. The van der Waals surface area contributed by atoms with E-state index in [1.54, 1.807) is 13.2 Å². The number of aromatic nitrogens is 2. The van der Waals surface area contributed by atoms with Gasteiger partial charge < -0.3 is 14.9 Å². The molecule has 4 aromatic rings. The summed E-state index contributed by atoms with van der Waals surface area (Å²) < 4.78 is 12.1. The van der Waals surface area contributed by atoms with E-state index in [-0.39, 0.29) is 0 Å². The van der Waals surface area contributed by atoms with Crippen LogP contribution in [0.5, 0.6) is 5.75 Å². The lowest BCUT2D eigenvalue weighted by molar-refractivity contribution is 0.419. The zero-order chi connectivity index (χ0) is 16.8. The number of ether oxygens (including phenoxy) is 1. The van der Waals surface area contributed by atoms with Gasteiger partial charge in [-0.2, -0.15) is 4.98 Å². The van der Waals surface area contributed by atoms with Crippen LogP contribution in [0.3, 0.4) is 0 Å². The van der Waals surface area contributed by atoms with Crippen LogP contribution in [0.1, 0.15) is 11.1 Å². The number of aryl methyl sites for hydroxylation is 2. The topological polar surface area (TPSA) is 86.2 Å². The van der Waals surface area contributed by atoms with Crippen molar-refractivity contribution < 1.29 is 9.15 Å². The molecule has 2 aromatic carbocycles. The predicted octanol–water partition coefficient (Wildman–Crippen LogP) is 4.39. The third kappa shape index (κ3) is 2.43. The largest absolute Gasteiger partial charge is 0.494 e. The number of rotatable bonds is 3. The lowest BCUT2D eigenvalue weighted by Gasteiger charge is -2.01. The van der Waals surface area contributed by atoms with Gasteiger partial charge in [-0.1, -0.05) is 11.3 Å². The predicted molar refractivity (Wildman–Crippen MR) is 97.4 cm³/mol. The lowest BCUT2D eigenvalue weighted by Crippen LogP contribution is -1.90. The van der Waals surface area contributed by atoms with E-state index < -0.39 is 0 Å². The van der Waals surface area contributed by atoms with E-state index in [0.717, 1.165) is 21.3 Å². The maximum Gasteiger partial charge on any atom is 0.302 e. The first-order valence-corrected chi connectivity index (χ1v) is 8.24. The Labute approximate surface area is 142 Å². The summed E-state index contributed by atoms with van der Waals surface area (Å²) >= 11 is 1.47. The summed E-state index contributed by atoms with van der Waals surface area (Å²) in [4.78, 5) is 9.03. The van der Waals surface area contributed by atoms with E-state index >= 15 is 0 Å². The van der Waals surface area contributed by atoms with Gasteiger partial charge in [-0.3, -0.25) is 5.32 Å². The highest BCUT2D eigenvalue weighted by Crippen LogP contribution is 2.36. The number of hydrogen-bond acceptors (Lipinski definition) is 7. The standard InChI is InChI=1S/C17H16N4O2S/c1-8-4-11-12(5-9(8)2)23-16(19-11)21-17-20-15-13(22-3)6-10(18)7-14(15)24-17/h4-7H,18H2,1-3H3,(H,19,20,21). The summed E-state index contributed by atoms with van der Waals surface area (Å²) in [5.41, 5.74) is 11.2. The number of nitrogens with one attached hydrogen (secondary N) is 1. The van der Waals surface area contributed by atoms with Crippen molar-refractivity contribution in [2.45, 2.75) is 13.8 Å². The molecule has 6 nitrogen and oxygen atoms in total. The Balaban J connectivity index is 1.74. The minimum Gasteiger partial charge on any atom is -0.494 e. The monoisotopic (exact) mass is 340 g/mol. The summed E-state index contributed by atoms with van der Waals surface area (Å²) in [7, 11) is 1.60. The molecule has 0 bridgehead atoms. The van der Waals surface area contributed by atoms with Crippen LogP contribution >= 0.6 is 11.3 Å². The summed E-state index contributed by atoms with van der Waals surface area (Å²) in [6.07, 6.45) is 0. The van der Waals surface area contributed by atoms with Crippen molar-refractivity contribution in [2.75, 3.05) is 18.2 Å². The zero-order valence-corrected chi connectivity index (χ0v) is 14.3. The minimum atomic E-state index is 0.418. The van der Waals surface area contributed by atoms with Gasteiger partial charge in [0.15, 0.2) is 10.7 Å². The van der Waals surface area contributed by atoms with Crippen LogP contribution in [0.2, 0.25) is 0 Å². The molecule has 0 aliphatic heterocycles. The molecule has 7 heteroatoms. The number of nitrogens with two attached hydrogens (primary N) is 1. The number of hydrogen-bond donors (Lipinski definition) is 2. The highest BCUT2D eigenvalue weighted by Gasteiger charge is 2.13. The van der Waals surface area contributed by atoms with Crippen molar-refractivity contribution in [1.82, 2.24) is 9.97 Å². The quantitative estimate of drug-likeness (QED) is 0.538. The molecule has 2 heterocycles. The average Bonchev–Trinajstić information content (AvgIpc) is 3.10. The molecule has 4 rings (SSSR count). The molecule has 0 aliphatic rings. The Morgan fingerprint density at radius 2 is 1.92 bits per heavy atom. The minimum absolute atomic E-state index is 0.418. The van der Waals surface area contributed by atoms with Crippen LogP contribution in [0.4, 0.5) is 16.8 Å². The molecule has 0 saturated heterocycles. The number of thiazole rings is 1. The molecule has 122 valence electrons. The second-order valence-electron chi connectivity index (χ2n) is 5.64. The van der Waals surface area contributed by atoms with Crippen molar-refractivity contribution >= 4 is 49.5 Å². The van der Waals surface area contributed by atoms with E-state index in [4.69, 9.17) is 14.9 Å². The number of anilines is 3. The fourth-order valence-corrected chi connectivity index (χ4v) is 3.47. The number of nitrogen functional groups attached to an aromatic ring is 1.